The molecule has 3 rings (SSSR count). The van der Waals surface area contributed by atoms with Gasteiger partial charge in [-0.1, -0.05) is 6.07 Å². The van der Waals surface area contributed by atoms with Crippen LogP contribution in [0.4, 0.5) is 5.69 Å². The molecule has 7 heteroatoms. The van der Waals surface area contributed by atoms with Crippen molar-refractivity contribution in [3.8, 4) is 0 Å². The monoisotopic (exact) mass is 333 g/mol. The summed E-state index contributed by atoms with van der Waals surface area (Å²) in [5, 5.41) is 2.86. The lowest BCUT2D eigenvalue weighted by Gasteiger charge is -2.28. The molecule has 23 heavy (non-hydrogen) atoms. The molecule has 0 saturated carbocycles. The van der Waals surface area contributed by atoms with Gasteiger partial charge in [0, 0.05) is 18.8 Å². The van der Waals surface area contributed by atoms with E-state index in [-0.39, 0.29) is 23.6 Å². The van der Waals surface area contributed by atoms with Gasteiger partial charge in [-0.3, -0.25) is 14.5 Å². The molecule has 0 fully saturated rings. The van der Waals surface area contributed by atoms with Crippen LogP contribution in [0.3, 0.4) is 0 Å². The number of carbonyl (C=O) groups is 2. The molecule has 1 aromatic heterocycles. The molecule has 0 atom stereocenters. The molecule has 120 valence electrons. The quantitative estimate of drug-likeness (QED) is 0.896. The Kier molecular flexibility index (Phi) is 4.36. The fourth-order valence-corrected chi connectivity index (χ4v) is 2.90. The molecule has 6 nitrogen and oxygen atoms in total. The molecule has 0 bridgehead atoms. The van der Waals surface area contributed by atoms with Crippen LogP contribution >= 0.6 is 11.6 Å². The number of hydrogen-bond acceptors (Lipinski definition) is 4. The van der Waals surface area contributed by atoms with E-state index >= 15 is 0 Å². The van der Waals surface area contributed by atoms with Gasteiger partial charge in [0.2, 0.25) is 11.1 Å². The lowest BCUT2D eigenvalue weighted by Crippen LogP contribution is -2.37. The molecule has 1 aliphatic heterocycles. The first-order valence-electron chi connectivity index (χ1n) is 7.20. The molecular weight excluding hydrogens is 318 g/mol. The second kappa shape index (κ2) is 6.44. The Hall–Kier alpha value is -2.31. The van der Waals surface area contributed by atoms with Gasteiger partial charge in [0.1, 0.15) is 0 Å². The Bertz CT molecular complexity index is 757. The number of rotatable bonds is 4. The average molecular weight is 334 g/mol. The standard InChI is InChI=1S/C16H16ClN3O3/c17-15-13(4-6-23-15)16(22)19-12-2-1-10-3-5-20(9-14(18)21)8-11(10)7-12/h1-2,4,6-7H,3,5,8-9H2,(H2,18,21)(H,19,22). The summed E-state index contributed by atoms with van der Waals surface area (Å²) in [7, 11) is 0. The van der Waals surface area contributed by atoms with Crippen LogP contribution in [0.1, 0.15) is 21.5 Å². The summed E-state index contributed by atoms with van der Waals surface area (Å²) in [6, 6.07) is 7.27. The highest BCUT2D eigenvalue weighted by atomic mass is 35.5. The average Bonchev–Trinajstić information content (AvgIpc) is 2.92. The SMILES string of the molecule is NC(=O)CN1CCc2ccc(NC(=O)c3ccoc3Cl)cc2C1. The number of amides is 2. The number of halogens is 1. The molecule has 3 N–H and O–H groups in total. The summed E-state index contributed by atoms with van der Waals surface area (Å²) >= 11 is 5.81. The van der Waals surface area contributed by atoms with E-state index in [9.17, 15) is 9.59 Å². The molecule has 2 amide bonds. The highest BCUT2D eigenvalue weighted by molar-refractivity contribution is 6.32. The van der Waals surface area contributed by atoms with Gasteiger partial charge >= 0.3 is 0 Å². The molecule has 0 unspecified atom stereocenters. The van der Waals surface area contributed by atoms with Crippen LogP contribution in [0.25, 0.3) is 0 Å². The summed E-state index contributed by atoms with van der Waals surface area (Å²) < 4.78 is 4.92. The normalized spacial score (nSPS) is 14.3. The maximum atomic E-state index is 12.1. The predicted octanol–water partition coefficient (Wildman–Crippen LogP) is 2.03. The Morgan fingerprint density at radius 2 is 2.13 bits per heavy atom. The maximum Gasteiger partial charge on any atom is 0.260 e. The topological polar surface area (TPSA) is 88.6 Å². The number of nitrogens with two attached hydrogens (primary N) is 1. The van der Waals surface area contributed by atoms with Crippen molar-refractivity contribution in [2.75, 3.05) is 18.4 Å². The first kappa shape index (κ1) is 15.6. The van der Waals surface area contributed by atoms with Crippen LogP contribution in [0.5, 0.6) is 0 Å². The zero-order valence-corrected chi connectivity index (χ0v) is 13.1. The van der Waals surface area contributed by atoms with Crippen molar-refractivity contribution in [1.29, 1.82) is 0 Å². The minimum absolute atomic E-state index is 0.0630. The lowest BCUT2D eigenvalue weighted by molar-refractivity contribution is -0.119. The smallest absolute Gasteiger partial charge is 0.260 e. The second-order valence-corrected chi connectivity index (χ2v) is 5.82. The van der Waals surface area contributed by atoms with Crippen LogP contribution in [0, 0.1) is 0 Å². The second-order valence-electron chi connectivity index (χ2n) is 5.47. The van der Waals surface area contributed by atoms with E-state index < -0.39 is 0 Å². The van der Waals surface area contributed by atoms with Crippen LogP contribution < -0.4 is 11.1 Å². The molecule has 0 spiro atoms. The third-order valence-corrected chi connectivity index (χ3v) is 4.09. The number of fused-ring (bicyclic) bond motifs is 1. The predicted molar refractivity (Wildman–Crippen MR) is 86.3 cm³/mol. The van der Waals surface area contributed by atoms with Crippen LogP contribution in [0.15, 0.2) is 34.9 Å². The van der Waals surface area contributed by atoms with E-state index in [0.29, 0.717) is 17.8 Å². The number of nitrogens with one attached hydrogen (secondary N) is 1. The zero-order chi connectivity index (χ0) is 16.4. The first-order chi connectivity index (χ1) is 11.0. The molecule has 0 saturated heterocycles. The summed E-state index contributed by atoms with van der Waals surface area (Å²) in [6.07, 6.45) is 2.22. The van der Waals surface area contributed by atoms with Gasteiger partial charge in [0.05, 0.1) is 18.4 Å². The molecular formula is C16H16ClN3O3. The van der Waals surface area contributed by atoms with Gasteiger partial charge in [0.15, 0.2) is 0 Å². The zero-order valence-electron chi connectivity index (χ0n) is 12.3. The number of carbonyl (C=O) groups excluding carboxylic acids is 2. The van der Waals surface area contributed by atoms with Crippen molar-refractivity contribution >= 4 is 29.1 Å². The Balaban J connectivity index is 1.74. The fraction of sp³-hybridized carbons (Fsp3) is 0.250. The van der Waals surface area contributed by atoms with E-state index in [1.807, 2.05) is 23.1 Å². The van der Waals surface area contributed by atoms with Gasteiger partial charge < -0.3 is 15.5 Å². The van der Waals surface area contributed by atoms with Gasteiger partial charge in [-0.2, -0.15) is 0 Å². The highest BCUT2D eigenvalue weighted by Crippen LogP contribution is 2.24. The van der Waals surface area contributed by atoms with Crippen molar-refractivity contribution in [2.24, 2.45) is 5.73 Å². The van der Waals surface area contributed by atoms with Crippen molar-refractivity contribution in [3.63, 3.8) is 0 Å². The number of furan rings is 1. The lowest BCUT2D eigenvalue weighted by atomic mass is 9.99. The van der Waals surface area contributed by atoms with Crippen LogP contribution in [-0.2, 0) is 17.8 Å². The van der Waals surface area contributed by atoms with Gasteiger partial charge in [-0.25, -0.2) is 0 Å². The minimum Gasteiger partial charge on any atom is -0.452 e. The molecule has 1 aromatic carbocycles. The summed E-state index contributed by atoms with van der Waals surface area (Å²) in [4.78, 5) is 25.2. The number of primary amides is 1. The van der Waals surface area contributed by atoms with E-state index in [4.69, 9.17) is 21.8 Å². The minimum atomic E-state index is -0.340. The molecule has 2 heterocycles. The van der Waals surface area contributed by atoms with Crippen molar-refractivity contribution in [1.82, 2.24) is 4.90 Å². The summed E-state index contributed by atoms with van der Waals surface area (Å²) in [5.41, 5.74) is 8.50. The molecule has 0 aliphatic carbocycles. The molecule has 1 aliphatic rings. The Morgan fingerprint density at radius 3 is 2.83 bits per heavy atom. The van der Waals surface area contributed by atoms with Crippen molar-refractivity contribution < 1.29 is 14.0 Å². The number of anilines is 1. The number of hydrogen-bond donors (Lipinski definition) is 2. The van der Waals surface area contributed by atoms with E-state index in [2.05, 4.69) is 5.32 Å². The molecule has 0 radical (unpaired) electrons. The third-order valence-electron chi connectivity index (χ3n) is 3.80. The largest absolute Gasteiger partial charge is 0.452 e. The number of benzene rings is 1. The van der Waals surface area contributed by atoms with Gasteiger partial charge in [0.25, 0.3) is 5.91 Å². The Labute approximate surface area is 138 Å². The first-order valence-corrected chi connectivity index (χ1v) is 7.57. The maximum absolute atomic E-state index is 12.1. The summed E-state index contributed by atoms with van der Waals surface area (Å²) in [6.45, 7) is 1.67. The van der Waals surface area contributed by atoms with E-state index in [1.165, 1.54) is 17.9 Å². The van der Waals surface area contributed by atoms with Crippen LogP contribution in [0.2, 0.25) is 5.22 Å². The van der Waals surface area contributed by atoms with Crippen molar-refractivity contribution in [3.05, 3.63) is 52.4 Å². The highest BCUT2D eigenvalue weighted by Gasteiger charge is 2.19. The molecule has 2 aromatic rings. The third kappa shape index (κ3) is 3.55. The summed E-state index contributed by atoms with van der Waals surface area (Å²) in [5.74, 6) is -0.666. The Morgan fingerprint density at radius 1 is 1.30 bits per heavy atom. The fourth-order valence-electron chi connectivity index (χ4n) is 2.70. The van der Waals surface area contributed by atoms with Crippen molar-refractivity contribution in [2.45, 2.75) is 13.0 Å². The van der Waals surface area contributed by atoms with Crippen LogP contribution in [-0.4, -0.2) is 29.8 Å². The van der Waals surface area contributed by atoms with E-state index in [0.717, 1.165) is 18.5 Å². The van der Waals surface area contributed by atoms with Gasteiger partial charge in [-0.15, -0.1) is 0 Å². The van der Waals surface area contributed by atoms with Gasteiger partial charge in [-0.05, 0) is 47.3 Å². The number of nitrogens with zero attached hydrogens (tertiary/aromatic N) is 1. The van der Waals surface area contributed by atoms with E-state index in [1.54, 1.807) is 0 Å².